The van der Waals surface area contributed by atoms with E-state index in [0.717, 1.165) is 28.7 Å². The molecule has 32 heavy (non-hydrogen) atoms. The molecule has 0 saturated carbocycles. The van der Waals surface area contributed by atoms with E-state index in [0.29, 0.717) is 18.6 Å². The van der Waals surface area contributed by atoms with E-state index in [4.69, 9.17) is 9.84 Å². The van der Waals surface area contributed by atoms with Crippen LogP contribution in [0.25, 0.3) is 11.1 Å². The van der Waals surface area contributed by atoms with Gasteiger partial charge in [0, 0.05) is 6.04 Å². The van der Waals surface area contributed by atoms with Gasteiger partial charge in [0.15, 0.2) is 6.61 Å². The third kappa shape index (κ3) is 4.81. The Balaban J connectivity index is 1.55. The average molecular weight is 456 g/mol. The fraction of sp³-hybridized carbons (Fsp3) is 0.208. The first-order chi connectivity index (χ1) is 15.3. The molecule has 1 aliphatic rings. The van der Waals surface area contributed by atoms with Gasteiger partial charge >= 0.3 is 5.97 Å². The largest absolute Gasteiger partial charge is 0.482 e. The van der Waals surface area contributed by atoms with E-state index >= 15 is 0 Å². The zero-order chi connectivity index (χ0) is 22.7. The summed E-state index contributed by atoms with van der Waals surface area (Å²) < 4.78 is 47.4. The van der Waals surface area contributed by atoms with Gasteiger partial charge in [0.05, 0.1) is 4.90 Å². The molecule has 0 saturated heterocycles. The van der Waals surface area contributed by atoms with E-state index in [-0.39, 0.29) is 10.7 Å². The highest BCUT2D eigenvalue weighted by molar-refractivity contribution is 7.89. The number of hydrogen-bond donors (Lipinski definition) is 2. The second kappa shape index (κ2) is 9.10. The number of carboxylic acids is 1. The van der Waals surface area contributed by atoms with Crippen LogP contribution in [0.3, 0.4) is 0 Å². The topological polar surface area (TPSA) is 92.7 Å². The minimum atomic E-state index is -3.79. The molecular weight excluding hydrogens is 433 g/mol. The Hall–Kier alpha value is -3.23. The highest BCUT2D eigenvalue weighted by Crippen LogP contribution is 2.36. The van der Waals surface area contributed by atoms with Crippen molar-refractivity contribution in [3.05, 3.63) is 83.7 Å². The molecule has 2 N–H and O–H groups in total. The molecule has 0 aromatic heterocycles. The van der Waals surface area contributed by atoms with Gasteiger partial charge in [-0.3, -0.25) is 0 Å². The predicted octanol–water partition coefficient (Wildman–Crippen LogP) is 4.31. The maximum absolute atomic E-state index is 13.1. The number of ether oxygens (including phenoxy) is 1. The molecule has 1 aliphatic carbocycles. The Labute approximate surface area is 185 Å². The number of carboxylic acid groups (broad SMARTS) is 1. The van der Waals surface area contributed by atoms with Crippen LogP contribution in [0.4, 0.5) is 4.39 Å². The molecule has 0 fully saturated rings. The van der Waals surface area contributed by atoms with E-state index < -0.39 is 28.6 Å². The predicted molar refractivity (Wildman–Crippen MR) is 117 cm³/mol. The lowest BCUT2D eigenvalue weighted by molar-refractivity contribution is -0.139. The molecule has 0 heterocycles. The molecule has 166 valence electrons. The van der Waals surface area contributed by atoms with Crippen molar-refractivity contribution < 1.29 is 27.4 Å². The third-order valence-electron chi connectivity index (χ3n) is 5.45. The lowest BCUT2D eigenvalue weighted by Gasteiger charge is -2.27. The van der Waals surface area contributed by atoms with Crippen molar-refractivity contribution in [1.29, 1.82) is 0 Å². The Morgan fingerprint density at radius 2 is 1.69 bits per heavy atom. The van der Waals surface area contributed by atoms with Gasteiger partial charge in [-0.1, -0.05) is 36.4 Å². The lowest BCUT2D eigenvalue weighted by Crippen LogP contribution is -2.31. The molecule has 0 unspecified atom stereocenters. The molecule has 8 heteroatoms. The van der Waals surface area contributed by atoms with Crippen LogP contribution >= 0.6 is 0 Å². The fourth-order valence-corrected chi connectivity index (χ4v) is 5.19. The molecule has 4 rings (SSSR count). The van der Waals surface area contributed by atoms with Gasteiger partial charge in [0.25, 0.3) is 0 Å². The Morgan fingerprint density at radius 1 is 1.03 bits per heavy atom. The van der Waals surface area contributed by atoms with Crippen LogP contribution < -0.4 is 9.46 Å². The van der Waals surface area contributed by atoms with Gasteiger partial charge in [0.2, 0.25) is 10.0 Å². The van der Waals surface area contributed by atoms with Crippen LogP contribution in [-0.2, 0) is 21.2 Å². The normalized spacial score (nSPS) is 15.7. The van der Waals surface area contributed by atoms with Crippen molar-refractivity contribution in [2.45, 2.75) is 30.2 Å². The number of carbonyl (C=O) groups is 1. The van der Waals surface area contributed by atoms with Gasteiger partial charge in [-0.25, -0.2) is 22.3 Å². The monoisotopic (exact) mass is 455 g/mol. The maximum atomic E-state index is 13.1. The van der Waals surface area contributed by atoms with Crippen LogP contribution in [0.2, 0.25) is 0 Å². The summed E-state index contributed by atoms with van der Waals surface area (Å²) in [5.41, 5.74) is 3.20. The summed E-state index contributed by atoms with van der Waals surface area (Å²) in [6, 6.07) is 17.3. The van der Waals surface area contributed by atoms with Gasteiger partial charge in [-0.05, 0) is 71.8 Å². The van der Waals surface area contributed by atoms with E-state index in [2.05, 4.69) is 4.72 Å². The molecule has 0 radical (unpaired) electrons. The van der Waals surface area contributed by atoms with E-state index in [1.54, 1.807) is 36.4 Å². The van der Waals surface area contributed by atoms with Crippen molar-refractivity contribution in [1.82, 2.24) is 4.72 Å². The number of sulfonamides is 1. The third-order valence-corrected chi connectivity index (χ3v) is 6.94. The highest BCUT2D eigenvalue weighted by atomic mass is 32.2. The molecule has 1 atom stereocenters. The quantitative estimate of drug-likeness (QED) is 0.554. The number of nitrogens with one attached hydrogen (secondary N) is 1. The van der Waals surface area contributed by atoms with Gasteiger partial charge in [-0.15, -0.1) is 0 Å². The van der Waals surface area contributed by atoms with Gasteiger partial charge in [0.1, 0.15) is 11.6 Å². The zero-order valence-corrected chi connectivity index (χ0v) is 17.9. The first kappa shape index (κ1) is 22.0. The summed E-state index contributed by atoms with van der Waals surface area (Å²) in [4.78, 5) is 11.0. The SMILES string of the molecule is O=C(O)COc1cccc2c1CCC[C@H]2NS(=O)(=O)c1ccc(-c2ccc(F)cc2)cc1. The average Bonchev–Trinajstić information content (AvgIpc) is 2.78. The van der Waals surface area contributed by atoms with Crippen molar-refractivity contribution >= 4 is 16.0 Å². The smallest absolute Gasteiger partial charge is 0.341 e. The summed E-state index contributed by atoms with van der Waals surface area (Å²) in [5.74, 6) is -0.932. The number of halogens is 1. The van der Waals surface area contributed by atoms with Crippen LogP contribution in [0.1, 0.15) is 30.0 Å². The van der Waals surface area contributed by atoms with E-state index in [9.17, 15) is 17.6 Å². The molecular formula is C24H22FNO5S. The highest BCUT2D eigenvalue weighted by Gasteiger charge is 2.27. The number of fused-ring (bicyclic) bond motifs is 1. The molecule has 0 spiro atoms. The van der Waals surface area contributed by atoms with Crippen LogP contribution in [0.5, 0.6) is 5.75 Å². The molecule has 6 nitrogen and oxygen atoms in total. The number of benzene rings is 3. The Morgan fingerprint density at radius 3 is 2.34 bits per heavy atom. The van der Waals surface area contributed by atoms with Crippen molar-refractivity contribution in [2.75, 3.05) is 6.61 Å². The zero-order valence-electron chi connectivity index (χ0n) is 17.1. The summed E-state index contributed by atoms with van der Waals surface area (Å²) in [5, 5.41) is 8.88. The Kier molecular flexibility index (Phi) is 6.25. The van der Waals surface area contributed by atoms with Crippen LogP contribution in [0, 0.1) is 5.82 Å². The lowest BCUT2D eigenvalue weighted by atomic mass is 9.87. The summed E-state index contributed by atoms with van der Waals surface area (Å²) in [6.45, 7) is -0.451. The molecule has 0 amide bonds. The number of rotatable bonds is 7. The first-order valence-electron chi connectivity index (χ1n) is 10.2. The maximum Gasteiger partial charge on any atom is 0.341 e. The second-order valence-electron chi connectivity index (χ2n) is 7.60. The molecule has 3 aromatic carbocycles. The van der Waals surface area contributed by atoms with Crippen LogP contribution in [-0.4, -0.2) is 26.1 Å². The minimum Gasteiger partial charge on any atom is -0.482 e. The van der Waals surface area contributed by atoms with Gasteiger partial charge < -0.3 is 9.84 Å². The van der Waals surface area contributed by atoms with E-state index in [1.807, 2.05) is 6.07 Å². The number of aliphatic carboxylic acids is 1. The summed E-state index contributed by atoms with van der Waals surface area (Å²) in [6.07, 6.45) is 2.06. The fourth-order valence-electron chi connectivity index (χ4n) is 3.94. The molecule has 3 aromatic rings. The van der Waals surface area contributed by atoms with Crippen molar-refractivity contribution in [3.63, 3.8) is 0 Å². The minimum absolute atomic E-state index is 0.133. The molecule has 0 aliphatic heterocycles. The second-order valence-corrected chi connectivity index (χ2v) is 9.32. The van der Waals surface area contributed by atoms with Crippen molar-refractivity contribution in [3.8, 4) is 16.9 Å². The summed E-state index contributed by atoms with van der Waals surface area (Å²) >= 11 is 0. The number of hydrogen-bond acceptors (Lipinski definition) is 4. The van der Waals surface area contributed by atoms with Gasteiger partial charge in [-0.2, -0.15) is 0 Å². The molecule has 0 bridgehead atoms. The van der Waals surface area contributed by atoms with Crippen LogP contribution in [0.15, 0.2) is 71.6 Å². The standard InChI is InChI=1S/C24H22FNO5S/c25-18-11-7-16(8-12-18)17-9-13-19(14-10-17)32(29,30)26-22-5-1-4-21-20(22)3-2-6-23(21)31-15-24(27)28/h2-3,6-14,22,26H,1,4-5,15H2,(H,27,28)/t22-/m1/s1. The summed E-state index contributed by atoms with van der Waals surface area (Å²) in [7, 11) is -3.79. The van der Waals surface area contributed by atoms with Crippen molar-refractivity contribution in [2.24, 2.45) is 0 Å². The first-order valence-corrected chi connectivity index (χ1v) is 11.7. The van der Waals surface area contributed by atoms with E-state index in [1.165, 1.54) is 24.3 Å². The Bertz CT molecular complexity index is 1220.